The van der Waals surface area contributed by atoms with Crippen LogP contribution >= 0.6 is 23.8 Å². The van der Waals surface area contributed by atoms with Gasteiger partial charge >= 0.3 is 0 Å². The fourth-order valence-corrected chi connectivity index (χ4v) is 3.34. The van der Waals surface area contributed by atoms with Crippen molar-refractivity contribution < 1.29 is 23.7 Å². The minimum atomic E-state index is -4.89. The molecule has 0 fully saturated rings. The molecule has 2 N–H and O–H groups in total. The first kappa shape index (κ1) is 27.5. The number of halogens is 1. The molecule has 1 rings (SSSR count). The maximum Gasteiger partial charge on any atom is 0.262 e. The van der Waals surface area contributed by atoms with E-state index in [2.05, 4.69) is 73.1 Å². The Morgan fingerprint density at radius 1 is 1.00 bits per heavy atom. The second-order valence-electron chi connectivity index (χ2n) is 7.09. The van der Waals surface area contributed by atoms with Crippen molar-refractivity contribution in [2.45, 2.75) is 59.3 Å². The number of hydrogen-bond acceptors (Lipinski definition) is 2. The lowest BCUT2D eigenvalue weighted by molar-refractivity contribution is -0.919. The third-order valence-corrected chi connectivity index (χ3v) is 5.53. The molecule has 0 radical (unpaired) electrons. The van der Waals surface area contributed by atoms with Crippen LogP contribution in [0.15, 0.2) is 40.9 Å². The molecular formula is C21H37BrNO4P. The highest BCUT2D eigenvalue weighted by Gasteiger charge is 2.20. The first-order chi connectivity index (χ1) is 13.2. The van der Waals surface area contributed by atoms with Crippen LogP contribution in [0.5, 0.6) is 0 Å². The minimum Gasteiger partial charge on any atom is -0.756 e. The van der Waals surface area contributed by atoms with E-state index in [1.807, 2.05) is 0 Å². The highest BCUT2D eigenvalue weighted by Crippen LogP contribution is 2.19. The molecule has 5 nitrogen and oxygen atoms in total. The van der Waals surface area contributed by atoms with E-state index in [1.165, 1.54) is 68.3 Å². The zero-order chi connectivity index (χ0) is 21.5. The molecule has 28 heavy (non-hydrogen) atoms. The van der Waals surface area contributed by atoms with Gasteiger partial charge in [0.05, 0.1) is 26.2 Å². The number of allylic oxidation sites excluding steroid dienone is 1. The van der Waals surface area contributed by atoms with Crippen molar-refractivity contribution in [3.8, 4) is 0 Å². The molecule has 0 aliphatic heterocycles. The van der Waals surface area contributed by atoms with Crippen LogP contribution in [0.1, 0.15) is 58.4 Å². The van der Waals surface area contributed by atoms with Gasteiger partial charge in [0.1, 0.15) is 0 Å². The van der Waals surface area contributed by atoms with Gasteiger partial charge in [-0.25, -0.2) is 0 Å². The van der Waals surface area contributed by atoms with Crippen molar-refractivity contribution >= 4 is 23.8 Å². The third kappa shape index (κ3) is 15.4. The van der Waals surface area contributed by atoms with E-state index >= 15 is 0 Å². The molecule has 0 spiro atoms. The minimum absolute atomic E-state index is 1.04. The molecular weight excluding hydrogens is 441 g/mol. The van der Waals surface area contributed by atoms with Gasteiger partial charge in [0, 0.05) is 4.47 Å². The number of likely N-dealkylation sites (N-methyl/N-ethyl adjacent to an activating group) is 1. The van der Waals surface area contributed by atoms with Crippen LogP contribution in [-0.4, -0.2) is 40.4 Å². The molecule has 0 bridgehead atoms. The molecule has 0 amide bonds. The molecule has 7 heteroatoms. The average molecular weight is 478 g/mol. The summed E-state index contributed by atoms with van der Waals surface area (Å²) in [5, 5.41) is 0. The summed E-state index contributed by atoms with van der Waals surface area (Å²) in [5.74, 6) is 0. The van der Waals surface area contributed by atoms with Gasteiger partial charge in [-0.3, -0.25) is 4.57 Å². The van der Waals surface area contributed by atoms with Gasteiger partial charge in [-0.2, -0.15) is 0 Å². The van der Waals surface area contributed by atoms with E-state index in [9.17, 15) is 0 Å². The largest absolute Gasteiger partial charge is 0.756 e. The van der Waals surface area contributed by atoms with Crippen LogP contribution in [0.25, 0.3) is 0 Å². The maximum atomic E-state index is 8.77. The molecule has 0 saturated heterocycles. The lowest BCUT2D eigenvalue weighted by atomic mass is 10.1. The van der Waals surface area contributed by atoms with Gasteiger partial charge in [-0.15, -0.1) is 0 Å². The first-order valence-electron chi connectivity index (χ1n) is 10.2. The Morgan fingerprint density at radius 3 is 2.04 bits per heavy atom. The zero-order valence-corrected chi connectivity index (χ0v) is 20.0. The van der Waals surface area contributed by atoms with Crippen LogP contribution in [-0.2, 0) is 11.0 Å². The third-order valence-electron chi connectivity index (χ3n) is 5.00. The lowest BCUT2D eigenvalue weighted by Crippen LogP contribution is -2.48. The summed E-state index contributed by atoms with van der Waals surface area (Å²) in [7, 11) is -4.89. The smallest absolute Gasteiger partial charge is 0.262 e. The molecule has 0 unspecified atom stereocenters. The number of quaternary nitrogens is 1. The summed E-state index contributed by atoms with van der Waals surface area (Å²) >= 11 is 3.49. The van der Waals surface area contributed by atoms with Gasteiger partial charge in [-0.1, -0.05) is 60.3 Å². The molecule has 1 aromatic rings. The highest BCUT2D eigenvalue weighted by molar-refractivity contribution is 9.10. The van der Waals surface area contributed by atoms with E-state index in [4.69, 9.17) is 19.2 Å². The van der Waals surface area contributed by atoms with E-state index in [-0.39, 0.29) is 0 Å². The Bertz CT molecular complexity index is 574. The summed E-state index contributed by atoms with van der Waals surface area (Å²) in [6.07, 6.45) is 12.7. The number of benzene rings is 1. The van der Waals surface area contributed by atoms with Crippen LogP contribution < -0.4 is 4.89 Å². The number of unbranched alkanes of at least 4 members (excludes halogenated alkanes) is 4. The summed E-state index contributed by atoms with van der Waals surface area (Å²) in [5.41, 5.74) is 1.38. The molecule has 162 valence electrons. The summed E-state index contributed by atoms with van der Waals surface area (Å²) in [6.45, 7) is 12.0. The van der Waals surface area contributed by atoms with Crippen molar-refractivity contribution in [1.29, 1.82) is 0 Å². The Balaban J connectivity index is 0.00000129. The molecule has 0 aliphatic rings. The predicted octanol–water partition coefficient (Wildman–Crippen LogP) is 4.81. The second kappa shape index (κ2) is 15.4. The molecule has 0 atom stereocenters. The van der Waals surface area contributed by atoms with Crippen LogP contribution in [0.4, 0.5) is 0 Å². The van der Waals surface area contributed by atoms with Gasteiger partial charge in [0.15, 0.2) is 0 Å². The van der Waals surface area contributed by atoms with Crippen molar-refractivity contribution in [2.75, 3.05) is 26.2 Å². The Morgan fingerprint density at radius 2 is 1.54 bits per heavy atom. The topological polar surface area (TPSA) is 80.6 Å². The SMILES string of the molecule is CCCCCCC[N+](CC)(CC)C/C=C\Cc1ccc(Br)cc1.O=P([O-])(O)O. The maximum absolute atomic E-state index is 8.77. The number of rotatable bonds is 12. The average Bonchev–Trinajstić information content (AvgIpc) is 2.63. The van der Waals surface area contributed by atoms with E-state index in [1.54, 1.807) is 0 Å². The Labute approximate surface area is 179 Å². The quantitative estimate of drug-likeness (QED) is 0.196. The van der Waals surface area contributed by atoms with Crippen molar-refractivity contribution in [1.82, 2.24) is 0 Å². The fourth-order valence-electron chi connectivity index (χ4n) is 3.08. The monoisotopic (exact) mass is 477 g/mol. The van der Waals surface area contributed by atoms with Gasteiger partial charge < -0.3 is 19.2 Å². The van der Waals surface area contributed by atoms with Crippen LogP contribution in [0.2, 0.25) is 0 Å². The van der Waals surface area contributed by atoms with Crippen LogP contribution in [0, 0.1) is 0 Å². The molecule has 0 aliphatic carbocycles. The molecule has 0 heterocycles. The Hall–Kier alpha value is -0.490. The second-order valence-corrected chi connectivity index (χ2v) is 8.98. The van der Waals surface area contributed by atoms with Crippen LogP contribution in [0.3, 0.4) is 0 Å². The van der Waals surface area contributed by atoms with E-state index < -0.39 is 7.82 Å². The Kier molecular flexibility index (Phi) is 15.1. The van der Waals surface area contributed by atoms with Gasteiger partial charge in [0.25, 0.3) is 7.82 Å². The predicted molar refractivity (Wildman–Crippen MR) is 119 cm³/mol. The first-order valence-corrected chi connectivity index (χ1v) is 12.5. The fraction of sp³-hybridized carbons (Fsp3) is 0.619. The normalized spacial score (nSPS) is 12.1. The summed E-state index contributed by atoms with van der Waals surface area (Å²) in [6, 6.07) is 8.64. The summed E-state index contributed by atoms with van der Waals surface area (Å²) < 4.78 is 11.2. The molecule has 0 aromatic heterocycles. The van der Waals surface area contributed by atoms with Crippen molar-refractivity contribution in [2.24, 2.45) is 0 Å². The van der Waals surface area contributed by atoms with E-state index in [0.29, 0.717) is 0 Å². The molecule has 1 aromatic carbocycles. The molecule has 0 saturated carbocycles. The van der Waals surface area contributed by atoms with E-state index in [0.717, 1.165) is 10.9 Å². The number of nitrogens with zero attached hydrogens (tertiary/aromatic N) is 1. The standard InChI is InChI=1S/C21H35BrN.H3O4P/c1-4-7-8-9-11-18-23(5-2,6-3)19-12-10-13-20-14-16-21(22)17-15-20;1-5(2,3)4/h10,12,14-17H,4-9,11,13,18-19H2,1-3H3;(H3,1,2,3,4)/q+1;/p-1/b12-10-;. The lowest BCUT2D eigenvalue weighted by Gasteiger charge is -2.36. The van der Waals surface area contributed by atoms with Crippen molar-refractivity contribution in [3.63, 3.8) is 0 Å². The number of hydrogen-bond donors (Lipinski definition) is 2. The number of phosphoric acid groups is 1. The zero-order valence-electron chi connectivity index (χ0n) is 17.5. The highest BCUT2D eigenvalue weighted by atomic mass is 79.9. The van der Waals surface area contributed by atoms with Crippen molar-refractivity contribution in [3.05, 3.63) is 46.5 Å². The summed E-state index contributed by atoms with van der Waals surface area (Å²) in [4.78, 5) is 22.9. The van der Waals surface area contributed by atoms with Gasteiger partial charge in [0.2, 0.25) is 0 Å². The van der Waals surface area contributed by atoms with Gasteiger partial charge in [-0.05, 0) is 56.9 Å².